The van der Waals surface area contributed by atoms with Crippen LogP contribution in [0.2, 0.25) is 0 Å². The Hall–Kier alpha value is -3.04. The van der Waals surface area contributed by atoms with Gasteiger partial charge in [-0.15, -0.1) is 0 Å². The van der Waals surface area contributed by atoms with E-state index in [1.807, 2.05) is 5.43 Å². The molecule has 1 N–H and O–H groups in total. The van der Waals surface area contributed by atoms with Gasteiger partial charge in [0.2, 0.25) is 0 Å². The van der Waals surface area contributed by atoms with Gasteiger partial charge >= 0.3 is 12.4 Å². The Bertz CT molecular complexity index is 831. The van der Waals surface area contributed by atoms with Crippen molar-refractivity contribution in [2.45, 2.75) is 12.4 Å². The highest BCUT2D eigenvalue weighted by atomic mass is 19.4. The average Bonchev–Trinajstić information content (AvgIpc) is 2.59. The van der Waals surface area contributed by atoms with Crippen LogP contribution in [0.3, 0.4) is 0 Å². The Kier molecular flexibility index (Phi) is 6.09. The molecule has 0 spiro atoms. The molecule has 0 fully saturated rings. The van der Waals surface area contributed by atoms with E-state index in [1.54, 1.807) is 0 Å². The van der Waals surface area contributed by atoms with Crippen LogP contribution in [0.5, 0.6) is 5.75 Å². The lowest BCUT2D eigenvalue weighted by atomic mass is 10.1. The average molecular weight is 390 g/mol. The van der Waals surface area contributed by atoms with Crippen molar-refractivity contribution in [2.75, 3.05) is 6.61 Å². The number of hydrazone groups is 1. The summed E-state index contributed by atoms with van der Waals surface area (Å²) in [5.74, 6) is -1.04. The van der Waals surface area contributed by atoms with Crippen molar-refractivity contribution in [3.05, 3.63) is 65.2 Å². The molecule has 27 heavy (non-hydrogen) atoms. The van der Waals surface area contributed by atoms with Gasteiger partial charge in [-0.1, -0.05) is 24.3 Å². The van der Waals surface area contributed by atoms with Crippen LogP contribution in [0.4, 0.5) is 26.3 Å². The zero-order valence-electron chi connectivity index (χ0n) is 13.4. The number of nitrogens with zero attached hydrogens (tertiary/aromatic N) is 1. The van der Waals surface area contributed by atoms with Gasteiger partial charge < -0.3 is 4.74 Å². The molecule has 0 saturated heterocycles. The molecule has 4 nitrogen and oxygen atoms in total. The maximum Gasteiger partial charge on any atom is 0.417 e. The Labute approximate surface area is 149 Å². The van der Waals surface area contributed by atoms with E-state index < -0.39 is 36.0 Å². The van der Waals surface area contributed by atoms with E-state index in [2.05, 4.69) is 5.10 Å². The molecule has 0 bridgehead atoms. The molecule has 10 heteroatoms. The van der Waals surface area contributed by atoms with Gasteiger partial charge in [0.25, 0.3) is 5.91 Å². The summed E-state index contributed by atoms with van der Waals surface area (Å²) in [5, 5.41) is 3.40. The molecule has 0 aliphatic rings. The standard InChI is InChI=1S/C17H12F6N2O2/c18-16(19,20)12-5-3-6-13(8-12)27-10-15(26)25-24-9-11-4-1-2-7-14(11)17(21,22)23/h1-9H,10H2,(H,25,26)/b24-9+. The molecule has 0 aliphatic heterocycles. The predicted molar refractivity (Wildman–Crippen MR) is 84.1 cm³/mol. The first-order valence-electron chi connectivity index (χ1n) is 7.35. The lowest BCUT2D eigenvalue weighted by Crippen LogP contribution is -2.24. The summed E-state index contributed by atoms with van der Waals surface area (Å²) >= 11 is 0. The molecule has 2 aromatic rings. The first kappa shape index (κ1) is 20.3. The number of benzene rings is 2. The molecule has 0 heterocycles. The van der Waals surface area contributed by atoms with Crippen LogP contribution >= 0.6 is 0 Å². The number of carbonyl (C=O) groups is 1. The van der Waals surface area contributed by atoms with Gasteiger partial charge in [-0.05, 0) is 24.3 Å². The summed E-state index contributed by atoms with van der Waals surface area (Å²) in [7, 11) is 0. The lowest BCUT2D eigenvalue weighted by molar-refractivity contribution is -0.138. The molecule has 2 aromatic carbocycles. The van der Waals surface area contributed by atoms with E-state index >= 15 is 0 Å². The Balaban J connectivity index is 1.93. The number of alkyl halides is 6. The Morgan fingerprint density at radius 1 is 1.00 bits per heavy atom. The van der Waals surface area contributed by atoms with Crippen LogP contribution in [0, 0.1) is 0 Å². The number of halogens is 6. The molecule has 0 atom stereocenters. The van der Waals surface area contributed by atoms with Gasteiger partial charge in [0, 0.05) is 5.56 Å². The van der Waals surface area contributed by atoms with Gasteiger partial charge in [0.05, 0.1) is 17.3 Å². The number of hydrogen-bond donors (Lipinski definition) is 1. The number of rotatable bonds is 5. The van der Waals surface area contributed by atoms with Crippen LogP contribution in [-0.4, -0.2) is 18.7 Å². The predicted octanol–water partition coefficient (Wildman–Crippen LogP) is 4.25. The summed E-state index contributed by atoms with van der Waals surface area (Å²) in [4.78, 5) is 11.6. The highest BCUT2D eigenvalue weighted by Crippen LogP contribution is 2.32. The normalized spacial score (nSPS) is 12.2. The number of nitrogens with one attached hydrogen (secondary N) is 1. The van der Waals surface area contributed by atoms with E-state index in [4.69, 9.17) is 4.74 Å². The fraction of sp³-hybridized carbons (Fsp3) is 0.176. The summed E-state index contributed by atoms with van der Waals surface area (Å²) in [6, 6.07) is 8.51. The van der Waals surface area contributed by atoms with Crippen molar-refractivity contribution in [1.82, 2.24) is 5.43 Å². The van der Waals surface area contributed by atoms with Gasteiger partial charge in [0.1, 0.15) is 5.75 Å². The molecule has 2 rings (SSSR count). The zero-order valence-corrected chi connectivity index (χ0v) is 13.4. The molecule has 0 radical (unpaired) electrons. The topological polar surface area (TPSA) is 50.7 Å². The fourth-order valence-electron chi connectivity index (χ4n) is 1.98. The molecule has 0 aromatic heterocycles. The van der Waals surface area contributed by atoms with E-state index in [1.165, 1.54) is 18.2 Å². The minimum Gasteiger partial charge on any atom is -0.484 e. The van der Waals surface area contributed by atoms with Crippen molar-refractivity contribution in [3.63, 3.8) is 0 Å². The van der Waals surface area contributed by atoms with Gasteiger partial charge in [0.15, 0.2) is 6.61 Å². The fourth-order valence-corrected chi connectivity index (χ4v) is 1.98. The second kappa shape index (κ2) is 8.11. The van der Waals surface area contributed by atoms with Gasteiger partial charge in [-0.3, -0.25) is 4.79 Å². The van der Waals surface area contributed by atoms with Crippen molar-refractivity contribution in [1.29, 1.82) is 0 Å². The third-order valence-electron chi connectivity index (χ3n) is 3.19. The highest BCUT2D eigenvalue weighted by Gasteiger charge is 2.32. The van der Waals surface area contributed by atoms with E-state index in [0.717, 1.165) is 36.5 Å². The van der Waals surface area contributed by atoms with Crippen LogP contribution in [0.15, 0.2) is 53.6 Å². The number of ether oxygens (including phenoxy) is 1. The van der Waals surface area contributed by atoms with Crippen molar-refractivity contribution >= 4 is 12.1 Å². The van der Waals surface area contributed by atoms with Crippen molar-refractivity contribution in [2.24, 2.45) is 5.10 Å². The maximum atomic E-state index is 12.8. The quantitative estimate of drug-likeness (QED) is 0.471. The third kappa shape index (κ3) is 6.01. The van der Waals surface area contributed by atoms with Gasteiger partial charge in [-0.2, -0.15) is 31.4 Å². The number of carbonyl (C=O) groups excluding carboxylic acids is 1. The molecule has 0 saturated carbocycles. The lowest BCUT2D eigenvalue weighted by Gasteiger charge is -2.10. The summed E-state index contributed by atoms with van der Waals surface area (Å²) in [5.41, 5.74) is -0.189. The first-order chi connectivity index (χ1) is 12.6. The minimum absolute atomic E-state index is 0.189. The molecule has 144 valence electrons. The second-order valence-corrected chi connectivity index (χ2v) is 5.19. The molecular weight excluding hydrogens is 378 g/mol. The van der Waals surface area contributed by atoms with E-state index in [0.29, 0.717) is 0 Å². The molecule has 1 amide bonds. The van der Waals surface area contributed by atoms with Crippen LogP contribution in [0.25, 0.3) is 0 Å². The first-order valence-corrected chi connectivity index (χ1v) is 7.35. The SMILES string of the molecule is O=C(COc1cccc(C(F)(F)F)c1)N/N=C/c1ccccc1C(F)(F)F. The number of hydrogen-bond acceptors (Lipinski definition) is 3. The number of amides is 1. The third-order valence-corrected chi connectivity index (χ3v) is 3.19. The summed E-state index contributed by atoms with van der Waals surface area (Å²) < 4.78 is 81.1. The van der Waals surface area contributed by atoms with Crippen molar-refractivity contribution < 1.29 is 35.9 Å². The summed E-state index contributed by atoms with van der Waals surface area (Å²) in [6.45, 7) is -0.667. The Morgan fingerprint density at radius 2 is 1.70 bits per heavy atom. The zero-order chi connectivity index (χ0) is 20.1. The largest absolute Gasteiger partial charge is 0.484 e. The Morgan fingerprint density at radius 3 is 2.37 bits per heavy atom. The monoisotopic (exact) mass is 390 g/mol. The van der Waals surface area contributed by atoms with Crippen LogP contribution in [-0.2, 0) is 17.1 Å². The smallest absolute Gasteiger partial charge is 0.417 e. The summed E-state index contributed by atoms with van der Waals surface area (Å²) in [6.07, 6.45) is -8.33. The molecule has 0 unspecified atom stereocenters. The van der Waals surface area contributed by atoms with Crippen molar-refractivity contribution in [3.8, 4) is 5.75 Å². The highest BCUT2D eigenvalue weighted by molar-refractivity contribution is 5.84. The molecule has 0 aliphatic carbocycles. The van der Waals surface area contributed by atoms with E-state index in [-0.39, 0.29) is 11.3 Å². The maximum absolute atomic E-state index is 12.8. The minimum atomic E-state index is -4.58. The van der Waals surface area contributed by atoms with Gasteiger partial charge in [-0.25, -0.2) is 5.43 Å². The molecular formula is C17H12F6N2O2. The second-order valence-electron chi connectivity index (χ2n) is 5.19. The van der Waals surface area contributed by atoms with Crippen LogP contribution in [0.1, 0.15) is 16.7 Å². The van der Waals surface area contributed by atoms with E-state index in [9.17, 15) is 31.1 Å². The van der Waals surface area contributed by atoms with Crippen LogP contribution < -0.4 is 10.2 Å².